The summed E-state index contributed by atoms with van der Waals surface area (Å²) in [6, 6.07) is 4.28. The largest absolute Gasteiger partial charge is 0.312 e. The molecule has 18 heavy (non-hydrogen) atoms. The van der Waals surface area contributed by atoms with Gasteiger partial charge in [0.15, 0.2) is 4.60 Å². The van der Waals surface area contributed by atoms with Crippen molar-refractivity contribution in [2.45, 2.75) is 18.9 Å². The first kappa shape index (κ1) is 13.2. The summed E-state index contributed by atoms with van der Waals surface area (Å²) in [5, 5.41) is 11.3. The van der Waals surface area contributed by atoms with Crippen molar-refractivity contribution >= 4 is 15.9 Å². The Kier molecular flexibility index (Phi) is 4.43. The number of nitrogens with zero attached hydrogens (tertiary/aromatic N) is 4. The van der Waals surface area contributed by atoms with E-state index < -0.39 is 0 Å². The van der Waals surface area contributed by atoms with Crippen molar-refractivity contribution in [2.75, 3.05) is 7.05 Å². The quantitative estimate of drug-likeness (QED) is 0.916. The van der Waals surface area contributed by atoms with E-state index in [9.17, 15) is 0 Å². The van der Waals surface area contributed by atoms with Crippen LogP contribution in [0.1, 0.15) is 23.7 Å². The monoisotopic (exact) mass is 309 g/mol. The van der Waals surface area contributed by atoms with Crippen molar-refractivity contribution in [2.24, 2.45) is 7.05 Å². The zero-order chi connectivity index (χ0) is 13.0. The molecule has 1 N–H and O–H groups in total. The molecule has 2 heterocycles. The van der Waals surface area contributed by atoms with Gasteiger partial charge in [0.05, 0.1) is 11.7 Å². The van der Waals surface area contributed by atoms with Crippen LogP contribution in [-0.2, 0) is 13.5 Å². The Morgan fingerprint density at radius 1 is 1.50 bits per heavy atom. The van der Waals surface area contributed by atoms with Crippen molar-refractivity contribution in [3.8, 4) is 0 Å². The Hall–Kier alpha value is -1.27. The molecule has 0 aromatic carbocycles. The van der Waals surface area contributed by atoms with Gasteiger partial charge >= 0.3 is 0 Å². The fourth-order valence-electron chi connectivity index (χ4n) is 1.98. The molecule has 0 aliphatic rings. The first-order valence-corrected chi connectivity index (χ1v) is 6.63. The van der Waals surface area contributed by atoms with Crippen LogP contribution in [0.4, 0.5) is 0 Å². The number of hydrogen-bond donors (Lipinski definition) is 1. The smallest absolute Gasteiger partial charge is 0.153 e. The molecule has 0 radical (unpaired) electrons. The normalized spacial score (nSPS) is 12.6. The van der Waals surface area contributed by atoms with Gasteiger partial charge in [-0.3, -0.25) is 4.98 Å². The van der Waals surface area contributed by atoms with Gasteiger partial charge in [-0.15, -0.1) is 5.10 Å². The molecule has 2 aromatic rings. The standard InChI is InChI=1S/C12H16BrN5/c1-14-10(11-12(13)16-17-18(11)2)6-5-9-4-3-7-15-8-9/h3-4,7-8,10,14H,5-6H2,1-2H3. The van der Waals surface area contributed by atoms with Crippen molar-refractivity contribution in [1.29, 1.82) is 0 Å². The number of aryl methyl sites for hydroxylation is 2. The van der Waals surface area contributed by atoms with Crippen LogP contribution in [0.3, 0.4) is 0 Å². The van der Waals surface area contributed by atoms with Crippen molar-refractivity contribution in [3.63, 3.8) is 0 Å². The predicted molar refractivity (Wildman–Crippen MR) is 73.1 cm³/mol. The molecule has 5 nitrogen and oxygen atoms in total. The summed E-state index contributed by atoms with van der Waals surface area (Å²) in [6.45, 7) is 0. The third-order valence-electron chi connectivity index (χ3n) is 2.95. The number of rotatable bonds is 5. The topological polar surface area (TPSA) is 55.6 Å². The predicted octanol–water partition coefficient (Wildman–Crippen LogP) is 1.87. The lowest BCUT2D eigenvalue weighted by molar-refractivity contribution is 0.503. The summed E-state index contributed by atoms with van der Waals surface area (Å²) >= 11 is 3.44. The second kappa shape index (κ2) is 6.06. The highest BCUT2D eigenvalue weighted by Crippen LogP contribution is 2.23. The molecule has 0 amide bonds. The Balaban J connectivity index is 2.07. The van der Waals surface area contributed by atoms with E-state index in [2.05, 4.69) is 42.6 Å². The van der Waals surface area contributed by atoms with Crippen molar-refractivity contribution in [3.05, 3.63) is 40.4 Å². The molecule has 2 rings (SSSR count). The van der Waals surface area contributed by atoms with Crippen LogP contribution < -0.4 is 5.32 Å². The fourth-order valence-corrected chi connectivity index (χ4v) is 2.59. The van der Waals surface area contributed by atoms with Gasteiger partial charge in [0.1, 0.15) is 0 Å². The Morgan fingerprint density at radius 2 is 2.33 bits per heavy atom. The fraction of sp³-hybridized carbons (Fsp3) is 0.417. The van der Waals surface area contributed by atoms with E-state index in [0.717, 1.165) is 23.1 Å². The van der Waals surface area contributed by atoms with Crippen LogP contribution in [0.5, 0.6) is 0 Å². The van der Waals surface area contributed by atoms with E-state index in [1.54, 1.807) is 10.9 Å². The van der Waals surface area contributed by atoms with Gasteiger partial charge in [0.25, 0.3) is 0 Å². The van der Waals surface area contributed by atoms with Gasteiger partial charge in [0.2, 0.25) is 0 Å². The molecule has 0 saturated heterocycles. The van der Waals surface area contributed by atoms with E-state index >= 15 is 0 Å². The maximum Gasteiger partial charge on any atom is 0.153 e. The summed E-state index contributed by atoms with van der Waals surface area (Å²) < 4.78 is 2.60. The summed E-state index contributed by atoms with van der Waals surface area (Å²) in [7, 11) is 3.86. The molecular formula is C12H16BrN5. The lowest BCUT2D eigenvalue weighted by atomic mass is 10.0. The first-order valence-electron chi connectivity index (χ1n) is 5.83. The van der Waals surface area contributed by atoms with Gasteiger partial charge in [-0.25, -0.2) is 4.68 Å². The molecule has 1 unspecified atom stereocenters. The summed E-state index contributed by atoms with van der Waals surface area (Å²) in [5.41, 5.74) is 2.31. The second-order valence-corrected chi connectivity index (χ2v) is 4.88. The highest BCUT2D eigenvalue weighted by Gasteiger charge is 2.18. The second-order valence-electron chi connectivity index (χ2n) is 4.13. The number of aromatic nitrogens is 4. The molecule has 0 fully saturated rings. The lowest BCUT2D eigenvalue weighted by Crippen LogP contribution is -2.20. The zero-order valence-electron chi connectivity index (χ0n) is 10.5. The highest BCUT2D eigenvalue weighted by atomic mass is 79.9. The van der Waals surface area contributed by atoms with E-state index in [0.29, 0.717) is 0 Å². The maximum absolute atomic E-state index is 4.13. The molecule has 0 aliphatic carbocycles. The average molecular weight is 310 g/mol. The van der Waals surface area contributed by atoms with Crippen LogP contribution in [0.25, 0.3) is 0 Å². The van der Waals surface area contributed by atoms with Crippen LogP contribution in [-0.4, -0.2) is 27.0 Å². The Bertz CT molecular complexity index is 477. The molecule has 0 bridgehead atoms. The minimum Gasteiger partial charge on any atom is -0.312 e. The summed E-state index contributed by atoms with van der Waals surface area (Å²) in [5.74, 6) is 0. The number of nitrogens with one attached hydrogen (secondary N) is 1. The van der Waals surface area contributed by atoms with Gasteiger partial charge < -0.3 is 5.32 Å². The SMILES string of the molecule is CNC(CCc1cccnc1)c1c(Br)nnn1C. The molecule has 1 atom stereocenters. The third-order valence-corrected chi connectivity index (χ3v) is 3.51. The third kappa shape index (κ3) is 2.94. The molecule has 2 aromatic heterocycles. The van der Waals surface area contributed by atoms with E-state index in [-0.39, 0.29) is 6.04 Å². The van der Waals surface area contributed by atoms with Crippen molar-refractivity contribution in [1.82, 2.24) is 25.3 Å². The molecular weight excluding hydrogens is 294 g/mol. The van der Waals surface area contributed by atoms with Crippen LogP contribution in [0.2, 0.25) is 0 Å². The van der Waals surface area contributed by atoms with Crippen LogP contribution in [0.15, 0.2) is 29.1 Å². The zero-order valence-corrected chi connectivity index (χ0v) is 12.1. The molecule has 6 heteroatoms. The number of hydrogen-bond acceptors (Lipinski definition) is 4. The van der Waals surface area contributed by atoms with Gasteiger partial charge in [-0.1, -0.05) is 11.3 Å². The average Bonchev–Trinajstić information content (AvgIpc) is 2.73. The van der Waals surface area contributed by atoms with E-state index in [1.807, 2.05) is 26.4 Å². The van der Waals surface area contributed by atoms with Crippen molar-refractivity contribution < 1.29 is 0 Å². The Morgan fingerprint density at radius 3 is 2.89 bits per heavy atom. The van der Waals surface area contributed by atoms with Crippen LogP contribution >= 0.6 is 15.9 Å². The van der Waals surface area contributed by atoms with Gasteiger partial charge in [-0.2, -0.15) is 0 Å². The maximum atomic E-state index is 4.13. The lowest BCUT2D eigenvalue weighted by Gasteiger charge is -2.16. The highest BCUT2D eigenvalue weighted by molar-refractivity contribution is 9.10. The molecule has 0 saturated carbocycles. The molecule has 0 spiro atoms. The molecule has 0 aliphatic heterocycles. The Labute approximate surface area is 115 Å². The minimum atomic E-state index is 0.222. The number of halogens is 1. The van der Waals surface area contributed by atoms with Crippen LogP contribution in [0, 0.1) is 0 Å². The summed E-state index contributed by atoms with van der Waals surface area (Å²) in [6.07, 6.45) is 5.64. The molecule has 96 valence electrons. The first-order chi connectivity index (χ1) is 8.72. The number of pyridine rings is 1. The van der Waals surface area contributed by atoms with E-state index in [1.165, 1.54) is 5.56 Å². The van der Waals surface area contributed by atoms with Gasteiger partial charge in [-0.05, 0) is 47.4 Å². The minimum absolute atomic E-state index is 0.222. The van der Waals surface area contributed by atoms with E-state index in [4.69, 9.17) is 0 Å². The summed E-state index contributed by atoms with van der Waals surface area (Å²) in [4.78, 5) is 4.13. The van der Waals surface area contributed by atoms with Gasteiger partial charge in [0, 0.05) is 19.4 Å².